The summed E-state index contributed by atoms with van der Waals surface area (Å²) in [6.07, 6.45) is 0. The topological polar surface area (TPSA) is 65.8 Å². The number of Topliss-reactive ketones (excluding diaryl/α,β-unsaturated/α-hetero) is 1. The number of hydrogen-bond donors (Lipinski definition) is 0. The van der Waals surface area contributed by atoms with Gasteiger partial charge in [0, 0.05) is 11.5 Å². The Morgan fingerprint density at radius 3 is 2.53 bits per heavy atom. The van der Waals surface area contributed by atoms with Gasteiger partial charge in [0.15, 0.2) is 0 Å². The maximum atomic E-state index is 11.6. The van der Waals surface area contributed by atoms with Crippen LogP contribution in [0.1, 0.15) is 19.4 Å². The Hall–Kier alpha value is -1.80. The second-order valence-corrected chi connectivity index (χ2v) is 3.64. The third-order valence-electron chi connectivity index (χ3n) is 2.64. The molecular formula is C11H13N3O. The lowest BCUT2D eigenvalue weighted by Gasteiger charge is -2.24. The first-order chi connectivity index (χ1) is 7.11. The van der Waals surface area contributed by atoms with Gasteiger partial charge < -0.3 is 0 Å². The van der Waals surface area contributed by atoms with E-state index in [0.717, 1.165) is 5.56 Å². The van der Waals surface area contributed by atoms with E-state index in [2.05, 4.69) is 10.0 Å². The van der Waals surface area contributed by atoms with Crippen molar-refractivity contribution in [2.45, 2.75) is 19.3 Å². The van der Waals surface area contributed by atoms with E-state index in [0.29, 0.717) is 0 Å². The third-order valence-corrected chi connectivity index (χ3v) is 2.64. The van der Waals surface area contributed by atoms with E-state index in [1.807, 2.05) is 30.3 Å². The van der Waals surface area contributed by atoms with Crippen LogP contribution >= 0.6 is 0 Å². The van der Waals surface area contributed by atoms with Crippen LogP contribution in [0.3, 0.4) is 0 Å². The van der Waals surface area contributed by atoms with Crippen molar-refractivity contribution in [1.29, 1.82) is 0 Å². The Morgan fingerprint density at radius 2 is 2.07 bits per heavy atom. The standard InChI is InChI=1S/C11H13N3O/c1-9(15)11(2,8-13-14-12)10-6-4-3-5-7-10/h3-7H,8H2,1-2H3/t11-/m0/s1. The van der Waals surface area contributed by atoms with Gasteiger partial charge >= 0.3 is 0 Å². The molecule has 0 fully saturated rings. The first kappa shape index (κ1) is 11.3. The molecule has 1 rings (SSSR count). The van der Waals surface area contributed by atoms with Gasteiger partial charge in [-0.25, -0.2) is 0 Å². The average Bonchev–Trinajstić information content (AvgIpc) is 2.27. The van der Waals surface area contributed by atoms with Crippen LogP contribution in [0.2, 0.25) is 0 Å². The molecule has 78 valence electrons. The molecule has 0 saturated carbocycles. The summed E-state index contributed by atoms with van der Waals surface area (Å²) in [4.78, 5) is 14.3. The van der Waals surface area contributed by atoms with E-state index in [9.17, 15) is 4.79 Å². The number of nitrogens with zero attached hydrogens (tertiary/aromatic N) is 3. The summed E-state index contributed by atoms with van der Waals surface area (Å²) >= 11 is 0. The fraction of sp³-hybridized carbons (Fsp3) is 0.364. The third kappa shape index (κ3) is 2.36. The fourth-order valence-electron chi connectivity index (χ4n) is 1.38. The van der Waals surface area contributed by atoms with Crippen molar-refractivity contribution >= 4 is 5.78 Å². The number of benzene rings is 1. The van der Waals surface area contributed by atoms with Gasteiger partial charge in [0.1, 0.15) is 5.78 Å². The van der Waals surface area contributed by atoms with Gasteiger partial charge in [0.2, 0.25) is 0 Å². The van der Waals surface area contributed by atoms with Crippen LogP contribution in [0, 0.1) is 0 Å². The molecule has 0 saturated heterocycles. The summed E-state index contributed by atoms with van der Waals surface area (Å²) in [6, 6.07) is 9.36. The van der Waals surface area contributed by atoms with Crippen molar-refractivity contribution in [2.24, 2.45) is 5.11 Å². The zero-order valence-electron chi connectivity index (χ0n) is 8.84. The molecule has 0 aliphatic rings. The van der Waals surface area contributed by atoms with E-state index in [1.165, 1.54) is 6.92 Å². The molecule has 0 unspecified atom stereocenters. The van der Waals surface area contributed by atoms with Gasteiger partial charge in [-0.15, -0.1) is 0 Å². The highest BCUT2D eigenvalue weighted by atomic mass is 16.1. The van der Waals surface area contributed by atoms with Gasteiger partial charge in [-0.1, -0.05) is 35.4 Å². The molecule has 0 heterocycles. The van der Waals surface area contributed by atoms with Crippen LogP contribution in [-0.4, -0.2) is 12.3 Å². The molecule has 0 aromatic heterocycles. The minimum absolute atomic E-state index is 0.00102. The van der Waals surface area contributed by atoms with Gasteiger partial charge in [0.25, 0.3) is 0 Å². The SMILES string of the molecule is CC(=O)[C@](C)(CN=[N+]=[N-])c1ccccc1. The van der Waals surface area contributed by atoms with Crippen LogP contribution in [0.15, 0.2) is 35.4 Å². The van der Waals surface area contributed by atoms with Crippen molar-refractivity contribution in [2.75, 3.05) is 6.54 Å². The monoisotopic (exact) mass is 203 g/mol. The predicted molar refractivity (Wildman–Crippen MR) is 58.5 cm³/mol. The molecule has 0 aliphatic carbocycles. The maximum absolute atomic E-state index is 11.6. The molecule has 15 heavy (non-hydrogen) atoms. The first-order valence-electron chi connectivity index (χ1n) is 4.68. The van der Waals surface area contributed by atoms with Gasteiger partial charge in [-0.05, 0) is 24.9 Å². The van der Waals surface area contributed by atoms with E-state index in [1.54, 1.807) is 6.92 Å². The van der Waals surface area contributed by atoms with Crippen molar-refractivity contribution in [3.8, 4) is 0 Å². The number of hydrogen-bond acceptors (Lipinski definition) is 2. The van der Waals surface area contributed by atoms with Crippen LogP contribution in [0.25, 0.3) is 10.4 Å². The van der Waals surface area contributed by atoms with E-state index in [4.69, 9.17) is 5.53 Å². The highest BCUT2D eigenvalue weighted by Crippen LogP contribution is 2.25. The molecule has 1 atom stereocenters. The minimum Gasteiger partial charge on any atom is -0.299 e. The van der Waals surface area contributed by atoms with Gasteiger partial charge in [-0.3, -0.25) is 4.79 Å². The van der Waals surface area contributed by atoms with Crippen molar-refractivity contribution in [1.82, 2.24) is 0 Å². The zero-order chi connectivity index (χ0) is 11.3. The summed E-state index contributed by atoms with van der Waals surface area (Å²) in [7, 11) is 0. The molecule has 4 nitrogen and oxygen atoms in total. The molecule has 0 amide bonds. The van der Waals surface area contributed by atoms with E-state index >= 15 is 0 Å². The van der Waals surface area contributed by atoms with Gasteiger partial charge in [0.05, 0.1) is 5.41 Å². The minimum atomic E-state index is -0.715. The van der Waals surface area contributed by atoms with Crippen LogP contribution < -0.4 is 0 Å². The average molecular weight is 203 g/mol. The van der Waals surface area contributed by atoms with E-state index < -0.39 is 5.41 Å². The summed E-state index contributed by atoms with van der Waals surface area (Å²) in [5, 5.41) is 3.50. The number of ketones is 1. The molecule has 0 radical (unpaired) electrons. The summed E-state index contributed by atoms with van der Waals surface area (Å²) in [5.74, 6) is 0.00102. The van der Waals surface area contributed by atoms with Crippen LogP contribution in [0.5, 0.6) is 0 Å². The fourth-order valence-corrected chi connectivity index (χ4v) is 1.38. The number of carbonyl (C=O) groups excluding carboxylic acids is 1. The summed E-state index contributed by atoms with van der Waals surface area (Å²) in [6.45, 7) is 3.46. The lowest BCUT2D eigenvalue weighted by Crippen LogP contribution is -2.33. The first-order valence-corrected chi connectivity index (χ1v) is 4.68. The molecule has 1 aromatic rings. The molecule has 0 N–H and O–H groups in total. The lowest BCUT2D eigenvalue weighted by molar-refractivity contribution is -0.121. The molecule has 0 aliphatic heterocycles. The largest absolute Gasteiger partial charge is 0.299 e. The molecule has 1 aromatic carbocycles. The summed E-state index contributed by atoms with van der Waals surface area (Å²) in [5.41, 5.74) is 8.47. The van der Waals surface area contributed by atoms with Crippen molar-refractivity contribution in [3.63, 3.8) is 0 Å². The Balaban J connectivity index is 3.12. The Bertz CT molecular complexity index is 396. The molecule has 0 spiro atoms. The smallest absolute Gasteiger partial charge is 0.140 e. The predicted octanol–water partition coefficient (Wildman–Crippen LogP) is 2.84. The van der Waals surface area contributed by atoms with Gasteiger partial charge in [-0.2, -0.15) is 0 Å². The van der Waals surface area contributed by atoms with E-state index in [-0.39, 0.29) is 12.3 Å². The Morgan fingerprint density at radius 1 is 1.47 bits per heavy atom. The number of rotatable bonds is 4. The van der Waals surface area contributed by atoms with Crippen LogP contribution in [-0.2, 0) is 10.2 Å². The normalized spacial score (nSPS) is 13.7. The van der Waals surface area contributed by atoms with Crippen LogP contribution in [0.4, 0.5) is 0 Å². The summed E-state index contributed by atoms with van der Waals surface area (Å²) < 4.78 is 0. The molecule has 0 bridgehead atoms. The second kappa shape index (κ2) is 4.62. The number of carbonyl (C=O) groups is 1. The lowest BCUT2D eigenvalue weighted by atomic mass is 9.79. The van der Waals surface area contributed by atoms with Crippen molar-refractivity contribution < 1.29 is 4.79 Å². The highest BCUT2D eigenvalue weighted by molar-refractivity contribution is 5.87. The zero-order valence-corrected chi connectivity index (χ0v) is 8.84. The van der Waals surface area contributed by atoms with Crippen molar-refractivity contribution in [3.05, 3.63) is 46.3 Å². The molecule has 4 heteroatoms. The highest BCUT2D eigenvalue weighted by Gasteiger charge is 2.30. The Labute approximate surface area is 88.6 Å². The number of azide groups is 1. The maximum Gasteiger partial charge on any atom is 0.140 e. The molecular weight excluding hydrogens is 190 g/mol. The quantitative estimate of drug-likeness (QED) is 0.421. The second-order valence-electron chi connectivity index (χ2n) is 3.64. The Kier molecular flexibility index (Phi) is 3.47.